The average Bonchev–Trinajstić information content (AvgIpc) is 3.18. The van der Waals surface area contributed by atoms with Gasteiger partial charge in [-0.3, -0.25) is 0 Å². The molecule has 24 heavy (non-hydrogen) atoms. The number of carbonyl (C=O) groups is 1. The van der Waals surface area contributed by atoms with Crippen LogP contribution in [-0.4, -0.2) is 32.9 Å². The summed E-state index contributed by atoms with van der Waals surface area (Å²) in [5, 5.41) is 0. The van der Waals surface area contributed by atoms with Gasteiger partial charge in [-0.1, -0.05) is 47.1 Å². The van der Waals surface area contributed by atoms with Gasteiger partial charge in [0.1, 0.15) is 0 Å². The number of halogens is 1. The fraction of sp³-hybridized carbons (Fsp3) is 0.526. The Morgan fingerprint density at radius 3 is 2.75 bits per heavy atom. The smallest absolute Gasteiger partial charge is 0.333 e. The van der Waals surface area contributed by atoms with Crippen molar-refractivity contribution in [1.82, 2.24) is 0 Å². The lowest BCUT2D eigenvalue weighted by Gasteiger charge is -2.31. The minimum absolute atomic E-state index is 0.0363. The first-order valence-electron chi connectivity index (χ1n) is 8.27. The van der Waals surface area contributed by atoms with E-state index in [0.29, 0.717) is 6.61 Å². The van der Waals surface area contributed by atoms with Gasteiger partial charge in [-0.05, 0) is 24.0 Å². The van der Waals surface area contributed by atoms with Gasteiger partial charge >= 0.3 is 5.97 Å². The highest BCUT2D eigenvalue weighted by Crippen LogP contribution is 2.47. The third kappa shape index (κ3) is 3.05. The minimum Gasteiger partial charge on any atom is -0.466 e. The summed E-state index contributed by atoms with van der Waals surface area (Å²) in [5.74, 6) is 0.201. The predicted octanol–water partition coefficient (Wildman–Crippen LogP) is 3.91. The maximum absolute atomic E-state index is 12.1. The zero-order chi connectivity index (χ0) is 17.3. The molecule has 1 heterocycles. The molecule has 130 valence electrons. The summed E-state index contributed by atoms with van der Waals surface area (Å²) >= 11 is 3.62. The van der Waals surface area contributed by atoms with Crippen molar-refractivity contribution in [2.75, 3.05) is 20.8 Å². The molecule has 3 rings (SSSR count). The third-order valence-corrected chi connectivity index (χ3v) is 5.98. The Morgan fingerprint density at radius 2 is 2.08 bits per heavy atom. The van der Waals surface area contributed by atoms with Crippen molar-refractivity contribution in [3.05, 3.63) is 46.0 Å². The molecule has 4 nitrogen and oxygen atoms in total. The maximum atomic E-state index is 12.1. The zero-order valence-electron chi connectivity index (χ0n) is 14.2. The van der Waals surface area contributed by atoms with E-state index in [1.165, 1.54) is 7.11 Å². The largest absolute Gasteiger partial charge is 0.466 e. The van der Waals surface area contributed by atoms with E-state index >= 15 is 0 Å². The fourth-order valence-electron chi connectivity index (χ4n) is 4.07. The molecule has 5 heteroatoms. The van der Waals surface area contributed by atoms with Gasteiger partial charge < -0.3 is 14.2 Å². The highest BCUT2D eigenvalue weighted by molar-refractivity contribution is 9.10. The van der Waals surface area contributed by atoms with Crippen LogP contribution in [-0.2, 0) is 19.0 Å². The van der Waals surface area contributed by atoms with Crippen LogP contribution in [0.15, 0.2) is 40.4 Å². The second kappa shape index (κ2) is 7.38. The van der Waals surface area contributed by atoms with E-state index in [1.807, 2.05) is 24.3 Å². The molecule has 0 saturated carbocycles. The van der Waals surface area contributed by atoms with Crippen LogP contribution >= 0.6 is 15.9 Å². The lowest BCUT2D eigenvalue weighted by Crippen LogP contribution is -2.30. The number of esters is 1. The molecule has 0 N–H and O–H groups in total. The first-order valence-corrected chi connectivity index (χ1v) is 9.06. The van der Waals surface area contributed by atoms with Crippen LogP contribution in [0.3, 0.4) is 0 Å². The van der Waals surface area contributed by atoms with Crippen molar-refractivity contribution < 1.29 is 19.0 Å². The quantitative estimate of drug-likeness (QED) is 0.710. The monoisotopic (exact) mass is 394 g/mol. The summed E-state index contributed by atoms with van der Waals surface area (Å²) < 4.78 is 17.8. The van der Waals surface area contributed by atoms with Gasteiger partial charge in [-0.25, -0.2) is 4.79 Å². The van der Waals surface area contributed by atoms with Gasteiger partial charge in [0.2, 0.25) is 0 Å². The summed E-state index contributed by atoms with van der Waals surface area (Å²) in [5.41, 5.74) is 1.88. The van der Waals surface area contributed by atoms with E-state index in [1.54, 1.807) is 7.11 Å². The molecule has 1 aliphatic heterocycles. The Labute approximate surface area is 151 Å². The Bertz CT molecular complexity index is 642. The van der Waals surface area contributed by atoms with Crippen molar-refractivity contribution in [2.45, 2.75) is 25.6 Å². The summed E-state index contributed by atoms with van der Waals surface area (Å²) in [6.45, 7) is 2.85. The zero-order valence-corrected chi connectivity index (χ0v) is 15.8. The van der Waals surface area contributed by atoms with Gasteiger partial charge in [-0.15, -0.1) is 0 Å². The standard InChI is InChI=1S/C19H23BrO4/c1-11(17(22-2)13-6-4-5-7-16(13)20)14-10-15(19(21)23-3)12-8-9-24-18(12)14/h4-7,10-12,14,17-18H,8-9H2,1-3H3/t11-,12-,14+,17+,18-/m0/s1. The van der Waals surface area contributed by atoms with Crippen molar-refractivity contribution in [1.29, 1.82) is 0 Å². The third-order valence-electron chi connectivity index (χ3n) is 5.26. The van der Waals surface area contributed by atoms with E-state index in [0.717, 1.165) is 22.0 Å². The lowest BCUT2D eigenvalue weighted by molar-refractivity contribution is -0.136. The fourth-order valence-corrected chi connectivity index (χ4v) is 4.58. The van der Waals surface area contributed by atoms with Crippen LogP contribution in [0.25, 0.3) is 0 Å². The number of rotatable bonds is 5. The Kier molecular flexibility index (Phi) is 5.42. The lowest BCUT2D eigenvalue weighted by atomic mass is 9.82. The minimum atomic E-state index is -0.236. The normalized spacial score (nSPS) is 28.2. The predicted molar refractivity (Wildman–Crippen MR) is 94.5 cm³/mol. The number of hydrogen-bond acceptors (Lipinski definition) is 4. The van der Waals surface area contributed by atoms with Crippen molar-refractivity contribution >= 4 is 21.9 Å². The van der Waals surface area contributed by atoms with Crippen LogP contribution in [0.2, 0.25) is 0 Å². The molecule has 5 atom stereocenters. The summed E-state index contributed by atoms with van der Waals surface area (Å²) in [7, 11) is 3.16. The van der Waals surface area contributed by atoms with E-state index < -0.39 is 0 Å². The summed E-state index contributed by atoms with van der Waals surface area (Å²) in [6, 6.07) is 8.10. The van der Waals surface area contributed by atoms with Crippen LogP contribution in [0.5, 0.6) is 0 Å². The Hall–Kier alpha value is -1.17. The molecule has 0 aromatic heterocycles. The van der Waals surface area contributed by atoms with E-state index in [9.17, 15) is 4.79 Å². The van der Waals surface area contributed by atoms with Gasteiger partial charge in [0.15, 0.2) is 0 Å². The molecule has 0 bridgehead atoms. The van der Waals surface area contributed by atoms with Crippen LogP contribution in [0, 0.1) is 17.8 Å². The van der Waals surface area contributed by atoms with E-state index in [4.69, 9.17) is 14.2 Å². The number of hydrogen-bond donors (Lipinski definition) is 0. The van der Waals surface area contributed by atoms with Gasteiger partial charge in [0.05, 0.1) is 19.3 Å². The van der Waals surface area contributed by atoms with Crippen LogP contribution in [0.1, 0.15) is 25.0 Å². The second-order valence-electron chi connectivity index (χ2n) is 6.46. The van der Waals surface area contributed by atoms with Gasteiger partial charge in [0, 0.05) is 35.6 Å². The van der Waals surface area contributed by atoms with Crippen molar-refractivity contribution in [3.63, 3.8) is 0 Å². The summed E-state index contributed by atoms with van der Waals surface area (Å²) in [4.78, 5) is 12.1. The number of ether oxygens (including phenoxy) is 3. The number of fused-ring (bicyclic) bond motifs is 1. The molecule has 1 saturated heterocycles. The molecule has 0 amide bonds. The molecule has 1 aromatic carbocycles. The molecule has 1 aromatic rings. The Balaban J connectivity index is 1.90. The summed E-state index contributed by atoms with van der Waals surface area (Å²) in [6.07, 6.45) is 2.88. The second-order valence-corrected chi connectivity index (χ2v) is 7.31. The van der Waals surface area contributed by atoms with Crippen LogP contribution < -0.4 is 0 Å². The molecule has 0 unspecified atom stereocenters. The molecule has 0 radical (unpaired) electrons. The first kappa shape index (κ1) is 17.6. The number of carbonyl (C=O) groups excluding carboxylic acids is 1. The molecular weight excluding hydrogens is 372 g/mol. The Morgan fingerprint density at radius 1 is 1.33 bits per heavy atom. The van der Waals surface area contributed by atoms with Crippen molar-refractivity contribution in [2.24, 2.45) is 17.8 Å². The van der Waals surface area contributed by atoms with E-state index in [2.05, 4.69) is 28.9 Å². The maximum Gasteiger partial charge on any atom is 0.333 e. The van der Waals surface area contributed by atoms with Gasteiger partial charge in [0.25, 0.3) is 0 Å². The van der Waals surface area contributed by atoms with E-state index in [-0.39, 0.29) is 35.9 Å². The molecule has 1 fully saturated rings. The van der Waals surface area contributed by atoms with Gasteiger partial charge in [-0.2, -0.15) is 0 Å². The number of benzene rings is 1. The molecular formula is C19H23BrO4. The van der Waals surface area contributed by atoms with Crippen LogP contribution in [0.4, 0.5) is 0 Å². The highest BCUT2D eigenvalue weighted by Gasteiger charge is 2.47. The molecule has 1 aliphatic carbocycles. The molecule has 2 aliphatic rings. The number of methoxy groups -OCH3 is 2. The van der Waals surface area contributed by atoms with Crippen molar-refractivity contribution in [3.8, 4) is 0 Å². The molecule has 0 spiro atoms. The topological polar surface area (TPSA) is 44.8 Å². The SMILES string of the molecule is COC(=O)C1=C[C@H]([C@H](C)[C@@H](OC)c2ccccc2Br)[C@H]2OCC[C@@H]12. The highest BCUT2D eigenvalue weighted by atomic mass is 79.9. The average molecular weight is 395 g/mol. The first-order chi connectivity index (χ1) is 11.6.